The quantitative estimate of drug-likeness (QED) is 0.925. The maximum Gasteiger partial charge on any atom is 0.0665 e. The summed E-state index contributed by atoms with van der Waals surface area (Å²) in [5.74, 6) is 1.26. The van der Waals surface area contributed by atoms with Gasteiger partial charge in [0, 0.05) is 27.9 Å². The van der Waals surface area contributed by atoms with Crippen LogP contribution in [-0.4, -0.2) is 14.4 Å². The molecule has 1 fully saturated rings. The van der Waals surface area contributed by atoms with Crippen LogP contribution in [-0.2, 0) is 16.6 Å². The zero-order chi connectivity index (χ0) is 14.0. The predicted octanol–water partition coefficient (Wildman–Crippen LogP) is 3.11. The van der Waals surface area contributed by atoms with Crippen molar-refractivity contribution in [3.63, 3.8) is 0 Å². The Morgan fingerprint density at radius 2 is 2.16 bits per heavy atom. The molecule has 19 heavy (non-hydrogen) atoms. The molecule has 2 rings (SSSR count). The molecule has 1 aliphatic rings. The minimum Gasteiger partial charge on any atom is -0.398 e. The second-order valence-corrected chi connectivity index (χ2v) is 7.56. The van der Waals surface area contributed by atoms with Crippen molar-refractivity contribution < 1.29 is 4.21 Å². The van der Waals surface area contributed by atoms with Crippen LogP contribution < -0.4 is 5.73 Å². The Morgan fingerprint density at radius 3 is 2.84 bits per heavy atom. The molecule has 1 saturated carbocycles. The van der Waals surface area contributed by atoms with Crippen LogP contribution >= 0.6 is 0 Å². The van der Waals surface area contributed by atoms with Gasteiger partial charge in [-0.1, -0.05) is 19.8 Å². The van der Waals surface area contributed by atoms with E-state index in [9.17, 15) is 4.21 Å². The molecule has 3 atom stereocenters. The van der Waals surface area contributed by atoms with Crippen molar-refractivity contribution >= 4 is 16.5 Å². The standard InChI is InChI=1S/C15H24N2OS/c1-10-5-4-6-13(7-10)19(18)9-14-12(3)15(16)11(2)8-17-14/h8,10,13H,4-7,9H2,1-3H3,(H2,16,17). The fraction of sp³-hybridized carbons (Fsp3) is 0.667. The van der Waals surface area contributed by atoms with Crippen molar-refractivity contribution in [3.05, 3.63) is 23.0 Å². The molecule has 0 bridgehead atoms. The summed E-state index contributed by atoms with van der Waals surface area (Å²) in [4.78, 5) is 4.42. The second-order valence-electron chi connectivity index (χ2n) is 5.85. The average Bonchev–Trinajstić information content (AvgIpc) is 2.39. The first-order valence-corrected chi connectivity index (χ1v) is 8.45. The highest BCUT2D eigenvalue weighted by Gasteiger charge is 2.24. The first-order chi connectivity index (χ1) is 8.99. The molecule has 3 unspecified atom stereocenters. The molecule has 0 amide bonds. The summed E-state index contributed by atoms with van der Waals surface area (Å²) in [6.45, 7) is 6.20. The maximum atomic E-state index is 12.5. The van der Waals surface area contributed by atoms with Gasteiger partial charge in [-0.3, -0.25) is 9.19 Å². The van der Waals surface area contributed by atoms with Crippen molar-refractivity contribution in [3.8, 4) is 0 Å². The van der Waals surface area contributed by atoms with Crippen molar-refractivity contribution in [1.29, 1.82) is 0 Å². The third-order valence-corrected chi connectivity index (χ3v) is 5.94. The summed E-state index contributed by atoms with van der Waals surface area (Å²) in [5.41, 5.74) is 9.71. The SMILES string of the molecule is Cc1cnc(CS(=O)C2CCCC(C)C2)c(C)c1N. The van der Waals surface area contributed by atoms with Gasteiger partial charge in [0.05, 0.1) is 11.4 Å². The van der Waals surface area contributed by atoms with Gasteiger partial charge in [-0.15, -0.1) is 0 Å². The largest absolute Gasteiger partial charge is 0.398 e. The minimum atomic E-state index is -0.821. The topological polar surface area (TPSA) is 56.0 Å². The lowest BCUT2D eigenvalue weighted by Crippen LogP contribution is -2.24. The number of nitrogen functional groups attached to an aromatic ring is 1. The Labute approximate surface area is 118 Å². The number of aromatic nitrogens is 1. The number of anilines is 1. The van der Waals surface area contributed by atoms with E-state index in [-0.39, 0.29) is 0 Å². The number of aryl methyl sites for hydroxylation is 1. The van der Waals surface area contributed by atoms with Crippen molar-refractivity contribution in [2.75, 3.05) is 5.73 Å². The Bertz CT molecular complexity index is 487. The summed E-state index contributed by atoms with van der Waals surface area (Å²) in [5, 5.41) is 0.340. The van der Waals surface area contributed by atoms with Crippen LogP contribution in [0.4, 0.5) is 5.69 Å². The Kier molecular flexibility index (Phi) is 4.61. The summed E-state index contributed by atoms with van der Waals surface area (Å²) in [6, 6.07) is 0. The molecule has 3 nitrogen and oxygen atoms in total. The highest BCUT2D eigenvalue weighted by molar-refractivity contribution is 7.84. The van der Waals surface area contributed by atoms with Crippen LogP contribution in [0.15, 0.2) is 6.20 Å². The van der Waals surface area contributed by atoms with Crippen molar-refractivity contribution in [2.24, 2.45) is 5.92 Å². The molecule has 2 N–H and O–H groups in total. The van der Waals surface area contributed by atoms with E-state index >= 15 is 0 Å². The van der Waals surface area contributed by atoms with E-state index in [1.165, 1.54) is 12.8 Å². The van der Waals surface area contributed by atoms with Crippen LogP contribution in [0.5, 0.6) is 0 Å². The molecule has 4 heteroatoms. The molecule has 1 heterocycles. The predicted molar refractivity (Wildman–Crippen MR) is 81.4 cm³/mol. The summed E-state index contributed by atoms with van der Waals surface area (Å²) < 4.78 is 12.5. The minimum absolute atomic E-state index is 0.340. The van der Waals surface area contributed by atoms with E-state index < -0.39 is 10.8 Å². The average molecular weight is 280 g/mol. The molecule has 0 spiro atoms. The van der Waals surface area contributed by atoms with Crippen LogP contribution in [0.2, 0.25) is 0 Å². The van der Waals surface area contributed by atoms with Gasteiger partial charge in [0.1, 0.15) is 0 Å². The number of pyridine rings is 1. The molecule has 0 aliphatic heterocycles. The number of nitrogens with zero attached hydrogens (tertiary/aromatic N) is 1. The number of rotatable bonds is 3. The number of nitrogens with two attached hydrogens (primary N) is 1. The van der Waals surface area contributed by atoms with Gasteiger partial charge in [0.15, 0.2) is 0 Å². The lowest BCUT2D eigenvalue weighted by atomic mass is 9.91. The molecule has 0 aromatic carbocycles. The zero-order valence-corrected chi connectivity index (χ0v) is 12.9. The number of hydrogen-bond donors (Lipinski definition) is 1. The van der Waals surface area contributed by atoms with E-state index in [0.717, 1.165) is 35.3 Å². The molecule has 0 saturated heterocycles. The Balaban J connectivity index is 2.08. The Hall–Kier alpha value is -0.900. The van der Waals surface area contributed by atoms with Crippen molar-refractivity contribution in [2.45, 2.75) is 57.5 Å². The van der Waals surface area contributed by atoms with E-state index in [1.54, 1.807) is 6.20 Å². The van der Waals surface area contributed by atoms with Gasteiger partial charge in [-0.05, 0) is 43.7 Å². The van der Waals surface area contributed by atoms with E-state index in [2.05, 4.69) is 11.9 Å². The molecule has 1 aliphatic carbocycles. The van der Waals surface area contributed by atoms with Gasteiger partial charge in [0.25, 0.3) is 0 Å². The van der Waals surface area contributed by atoms with Crippen molar-refractivity contribution in [1.82, 2.24) is 4.98 Å². The smallest absolute Gasteiger partial charge is 0.0665 e. The van der Waals surface area contributed by atoms with E-state index in [4.69, 9.17) is 5.73 Å². The van der Waals surface area contributed by atoms with E-state index in [1.807, 2.05) is 13.8 Å². The zero-order valence-electron chi connectivity index (χ0n) is 12.1. The van der Waals surface area contributed by atoms with Crippen LogP contribution in [0, 0.1) is 19.8 Å². The normalized spacial score (nSPS) is 25.2. The maximum absolute atomic E-state index is 12.5. The monoisotopic (exact) mass is 280 g/mol. The summed E-state index contributed by atoms with van der Waals surface area (Å²) in [7, 11) is -0.821. The third kappa shape index (κ3) is 3.35. The molecule has 1 aromatic heterocycles. The number of hydrogen-bond acceptors (Lipinski definition) is 3. The summed E-state index contributed by atoms with van der Waals surface area (Å²) in [6.07, 6.45) is 6.46. The highest BCUT2D eigenvalue weighted by Crippen LogP contribution is 2.29. The lowest BCUT2D eigenvalue weighted by molar-refractivity contribution is 0.389. The molecular weight excluding hydrogens is 256 g/mol. The fourth-order valence-electron chi connectivity index (χ4n) is 2.81. The first-order valence-electron chi connectivity index (χ1n) is 7.06. The second kappa shape index (κ2) is 6.04. The lowest BCUT2D eigenvalue weighted by Gasteiger charge is -2.26. The van der Waals surface area contributed by atoms with Gasteiger partial charge in [0.2, 0.25) is 0 Å². The van der Waals surface area contributed by atoms with Crippen LogP contribution in [0.3, 0.4) is 0 Å². The molecular formula is C15H24N2OS. The van der Waals surface area contributed by atoms with Crippen LogP contribution in [0.1, 0.15) is 49.4 Å². The van der Waals surface area contributed by atoms with Crippen LogP contribution in [0.25, 0.3) is 0 Å². The molecule has 0 radical (unpaired) electrons. The van der Waals surface area contributed by atoms with Gasteiger partial charge in [-0.2, -0.15) is 0 Å². The Morgan fingerprint density at radius 1 is 1.42 bits per heavy atom. The first kappa shape index (κ1) is 14.5. The highest BCUT2D eigenvalue weighted by atomic mass is 32.2. The molecule has 1 aromatic rings. The molecule has 106 valence electrons. The van der Waals surface area contributed by atoms with Gasteiger partial charge >= 0.3 is 0 Å². The van der Waals surface area contributed by atoms with Gasteiger partial charge in [-0.25, -0.2) is 0 Å². The van der Waals surface area contributed by atoms with E-state index in [0.29, 0.717) is 16.9 Å². The fourth-order valence-corrected chi connectivity index (χ4v) is 4.58. The third-order valence-electron chi connectivity index (χ3n) is 4.21. The van der Waals surface area contributed by atoms with Gasteiger partial charge < -0.3 is 5.73 Å². The summed E-state index contributed by atoms with van der Waals surface area (Å²) >= 11 is 0.